The number of para-hydroxylation sites is 1. The van der Waals surface area contributed by atoms with Crippen LogP contribution in [0.3, 0.4) is 0 Å². The summed E-state index contributed by atoms with van der Waals surface area (Å²) in [7, 11) is -3.82. The van der Waals surface area contributed by atoms with Crippen molar-refractivity contribution in [3.63, 3.8) is 0 Å². The standard InChI is InChI=1S/C22H27FN2O4S/c1-16(2)24-30(27,28)19-10-11-21(23)20(13-19)22(26)25-12-6-7-17(14-25)15-29-18-8-4-3-5-9-18/h3-5,8-11,13,16-17,24H,6-7,12,14-15H2,1-2H3. The smallest absolute Gasteiger partial charge is 0.256 e. The zero-order valence-electron chi connectivity index (χ0n) is 17.2. The molecule has 8 heteroatoms. The average molecular weight is 435 g/mol. The Bertz CT molecular complexity index is 980. The van der Waals surface area contributed by atoms with Gasteiger partial charge in [-0.15, -0.1) is 0 Å². The summed E-state index contributed by atoms with van der Waals surface area (Å²) in [5, 5.41) is 0. The van der Waals surface area contributed by atoms with Crippen molar-refractivity contribution in [1.82, 2.24) is 9.62 Å². The van der Waals surface area contributed by atoms with Crippen LogP contribution >= 0.6 is 0 Å². The largest absolute Gasteiger partial charge is 0.493 e. The highest BCUT2D eigenvalue weighted by atomic mass is 32.2. The van der Waals surface area contributed by atoms with E-state index in [1.54, 1.807) is 18.7 Å². The highest BCUT2D eigenvalue weighted by Gasteiger charge is 2.28. The highest BCUT2D eigenvalue weighted by Crippen LogP contribution is 2.23. The summed E-state index contributed by atoms with van der Waals surface area (Å²) in [6, 6.07) is 12.4. The van der Waals surface area contributed by atoms with E-state index >= 15 is 0 Å². The van der Waals surface area contributed by atoms with Gasteiger partial charge in [0.1, 0.15) is 11.6 Å². The number of piperidine rings is 1. The maximum atomic E-state index is 14.4. The molecule has 0 aliphatic carbocycles. The van der Waals surface area contributed by atoms with Crippen molar-refractivity contribution in [2.24, 2.45) is 5.92 Å². The summed E-state index contributed by atoms with van der Waals surface area (Å²) in [4.78, 5) is 14.4. The third kappa shape index (κ3) is 5.58. The van der Waals surface area contributed by atoms with Crippen LogP contribution in [0, 0.1) is 11.7 Å². The molecule has 0 aromatic heterocycles. The summed E-state index contributed by atoms with van der Waals surface area (Å²) >= 11 is 0. The molecular weight excluding hydrogens is 407 g/mol. The fraction of sp³-hybridized carbons (Fsp3) is 0.409. The first-order valence-corrected chi connectivity index (χ1v) is 11.5. The maximum absolute atomic E-state index is 14.4. The molecule has 1 atom stereocenters. The Morgan fingerprint density at radius 2 is 1.97 bits per heavy atom. The van der Waals surface area contributed by atoms with Crippen molar-refractivity contribution in [2.75, 3.05) is 19.7 Å². The molecule has 0 radical (unpaired) electrons. The second-order valence-electron chi connectivity index (χ2n) is 7.80. The van der Waals surface area contributed by atoms with Crippen LogP contribution in [-0.2, 0) is 10.0 Å². The van der Waals surface area contributed by atoms with Crippen molar-refractivity contribution in [1.29, 1.82) is 0 Å². The topological polar surface area (TPSA) is 75.7 Å². The minimum atomic E-state index is -3.82. The van der Waals surface area contributed by atoms with E-state index < -0.39 is 21.7 Å². The lowest BCUT2D eigenvalue weighted by atomic mass is 9.98. The summed E-state index contributed by atoms with van der Waals surface area (Å²) < 4.78 is 47.5. The van der Waals surface area contributed by atoms with Gasteiger partial charge in [0, 0.05) is 25.0 Å². The van der Waals surface area contributed by atoms with E-state index in [1.165, 1.54) is 6.07 Å². The van der Waals surface area contributed by atoms with E-state index in [2.05, 4.69) is 4.72 Å². The molecule has 1 amide bonds. The normalized spacial score (nSPS) is 17.2. The van der Waals surface area contributed by atoms with Crippen molar-refractivity contribution in [3.8, 4) is 5.75 Å². The fourth-order valence-corrected chi connectivity index (χ4v) is 4.78. The molecule has 1 aliphatic rings. The van der Waals surface area contributed by atoms with Gasteiger partial charge in [-0.2, -0.15) is 0 Å². The van der Waals surface area contributed by atoms with Crippen molar-refractivity contribution in [2.45, 2.75) is 37.6 Å². The summed E-state index contributed by atoms with van der Waals surface area (Å²) in [5.41, 5.74) is -0.230. The molecule has 1 saturated heterocycles. The molecule has 30 heavy (non-hydrogen) atoms. The Kier molecular flexibility index (Phi) is 7.10. The number of nitrogens with one attached hydrogen (secondary N) is 1. The second kappa shape index (κ2) is 9.57. The number of sulfonamides is 1. The van der Waals surface area contributed by atoms with E-state index in [4.69, 9.17) is 4.74 Å². The number of carbonyl (C=O) groups is 1. The Hall–Kier alpha value is -2.45. The maximum Gasteiger partial charge on any atom is 0.256 e. The molecule has 1 aliphatic heterocycles. The quantitative estimate of drug-likeness (QED) is 0.724. The van der Waals surface area contributed by atoms with Gasteiger partial charge in [-0.1, -0.05) is 18.2 Å². The van der Waals surface area contributed by atoms with Crippen LogP contribution in [0.2, 0.25) is 0 Å². The summed E-state index contributed by atoms with van der Waals surface area (Å²) in [6.45, 7) is 4.79. The predicted molar refractivity (Wildman–Crippen MR) is 112 cm³/mol. The minimum Gasteiger partial charge on any atom is -0.493 e. The van der Waals surface area contributed by atoms with Crippen LogP contribution in [0.1, 0.15) is 37.0 Å². The van der Waals surface area contributed by atoms with Gasteiger partial charge in [0.25, 0.3) is 5.91 Å². The Morgan fingerprint density at radius 1 is 1.23 bits per heavy atom. The molecule has 1 heterocycles. The minimum absolute atomic E-state index is 0.123. The van der Waals surface area contributed by atoms with Gasteiger partial charge in [-0.05, 0) is 57.0 Å². The molecule has 1 unspecified atom stereocenters. The monoisotopic (exact) mass is 434 g/mol. The highest BCUT2D eigenvalue weighted by molar-refractivity contribution is 7.89. The number of likely N-dealkylation sites (tertiary alicyclic amines) is 1. The molecule has 3 rings (SSSR count). The number of carbonyl (C=O) groups excluding carboxylic acids is 1. The van der Waals surface area contributed by atoms with Crippen molar-refractivity contribution >= 4 is 15.9 Å². The van der Waals surface area contributed by atoms with Gasteiger partial charge in [0.2, 0.25) is 10.0 Å². The van der Waals surface area contributed by atoms with E-state index in [-0.39, 0.29) is 22.4 Å². The molecule has 2 aromatic rings. The molecule has 6 nitrogen and oxygen atoms in total. The zero-order chi connectivity index (χ0) is 21.7. The van der Waals surface area contributed by atoms with Crippen molar-refractivity contribution in [3.05, 3.63) is 59.9 Å². The van der Waals surface area contributed by atoms with Crippen LogP contribution in [-0.4, -0.2) is 45.0 Å². The van der Waals surface area contributed by atoms with Gasteiger partial charge < -0.3 is 9.64 Å². The number of benzene rings is 2. The SMILES string of the molecule is CC(C)NS(=O)(=O)c1ccc(F)c(C(=O)N2CCCC(COc3ccccc3)C2)c1. The van der Waals surface area contributed by atoms with Crippen LogP contribution in [0.25, 0.3) is 0 Å². The molecule has 0 spiro atoms. The third-order valence-corrected chi connectivity index (χ3v) is 6.56. The molecule has 0 saturated carbocycles. The zero-order valence-corrected chi connectivity index (χ0v) is 18.0. The Labute approximate surface area is 177 Å². The number of hydrogen-bond acceptors (Lipinski definition) is 4. The molecule has 0 bridgehead atoms. The molecule has 1 fully saturated rings. The lowest BCUT2D eigenvalue weighted by molar-refractivity contribution is 0.0628. The fourth-order valence-electron chi connectivity index (χ4n) is 3.50. The summed E-state index contributed by atoms with van der Waals surface area (Å²) in [6.07, 6.45) is 1.69. The predicted octanol–water partition coefficient (Wildman–Crippen LogP) is 3.44. The number of hydrogen-bond donors (Lipinski definition) is 1. The summed E-state index contributed by atoms with van der Waals surface area (Å²) in [5.74, 6) is -0.340. The Morgan fingerprint density at radius 3 is 2.67 bits per heavy atom. The second-order valence-corrected chi connectivity index (χ2v) is 9.52. The number of amides is 1. The molecule has 1 N–H and O–H groups in total. The third-order valence-electron chi connectivity index (χ3n) is 4.90. The van der Waals surface area contributed by atoms with E-state index in [0.717, 1.165) is 30.7 Å². The first-order valence-electron chi connectivity index (χ1n) is 10.1. The number of ether oxygens (including phenoxy) is 1. The first kappa shape index (κ1) is 22.2. The van der Waals surface area contributed by atoms with Gasteiger partial charge in [0.05, 0.1) is 17.1 Å². The van der Waals surface area contributed by atoms with Gasteiger partial charge in [0.15, 0.2) is 0 Å². The van der Waals surface area contributed by atoms with Crippen LogP contribution in [0.15, 0.2) is 53.4 Å². The Balaban J connectivity index is 1.71. The van der Waals surface area contributed by atoms with E-state index in [0.29, 0.717) is 19.7 Å². The number of rotatable bonds is 7. The number of nitrogens with zero attached hydrogens (tertiary/aromatic N) is 1. The van der Waals surface area contributed by atoms with Gasteiger partial charge in [-0.25, -0.2) is 17.5 Å². The van der Waals surface area contributed by atoms with Crippen LogP contribution in [0.5, 0.6) is 5.75 Å². The van der Waals surface area contributed by atoms with Crippen LogP contribution in [0.4, 0.5) is 4.39 Å². The molecule has 162 valence electrons. The lowest BCUT2D eigenvalue weighted by Crippen LogP contribution is -2.42. The lowest BCUT2D eigenvalue weighted by Gasteiger charge is -2.33. The van der Waals surface area contributed by atoms with E-state index in [9.17, 15) is 17.6 Å². The molecule has 2 aromatic carbocycles. The first-order chi connectivity index (χ1) is 14.3. The van der Waals surface area contributed by atoms with Gasteiger partial charge in [-0.3, -0.25) is 4.79 Å². The number of halogens is 1. The molecular formula is C22H27FN2O4S. The van der Waals surface area contributed by atoms with Gasteiger partial charge >= 0.3 is 0 Å². The van der Waals surface area contributed by atoms with Crippen molar-refractivity contribution < 1.29 is 22.3 Å². The van der Waals surface area contributed by atoms with E-state index in [1.807, 2.05) is 30.3 Å². The average Bonchev–Trinajstić information content (AvgIpc) is 2.72. The van der Waals surface area contributed by atoms with Crippen LogP contribution < -0.4 is 9.46 Å².